The number of nitrogens with zero attached hydrogens (tertiary/aromatic N) is 3. The molecule has 0 aliphatic carbocycles. The molecule has 4 aromatic rings. The molecule has 0 radical (unpaired) electrons. The summed E-state index contributed by atoms with van der Waals surface area (Å²) in [6, 6.07) is 17.0. The van der Waals surface area contributed by atoms with Gasteiger partial charge in [-0.3, -0.25) is 9.10 Å². The van der Waals surface area contributed by atoms with Crippen LogP contribution in [0.2, 0.25) is 0 Å². The molecule has 1 aliphatic rings. The fourth-order valence-corrected chi connectivity index (χ4v) is 6.14. The molecule has 0 bridgehead atoms. The number of nitrogens with one attached hydrogen (secondary N) is 1. The molecule has 0 unspecified atom stereocenters. The first kappa shape index (κ1) is 25.6. The third kappa shape index (κ3) is 5.04. The Kier molecular flexibility index (Phi) is 7.00. The van der Waals surface area contributed by atoms with E-state index in [1.165, 1.54) is 10.5 Å². The van der Waals surface area contributed by atoms with E-state index >= 15 is 0 Å². The van der Waals surface area contributed by atoms with Gasteiger partial charge in [0.2, 0.25) is 5.91 Å². The number of hydrogen-bond acceptors (Lipinski definition) is 7. The number of carbonyl (C=O) groups is 1. The Bertz CT molecular complexity index is 1650. The number of ether oxygens (including phenoxy) is 1. The Hall–Kier alpha value is -4.03. The molecule has 1 N–H and O–H groups in total. The average molecular weight is 555 g/mol. The van der Waals surface area contributed by atoms with Crippen LogP contribution in [0.25, 0.3) is 11.3 Å². The number of fused-ring (bicyclic) bond motifs is 3. The van der Waals surface area contributed by atoms with Crippen molar-refractivity contribution in [3.63, 3.8) is 0 Å². The highest BCUT2D eigenvalue weighted by Crippen LogP contribution is 2.43. The predicted molar refractivity (Wildman–Crippen MR) is 140 cm³/mol. The van der Waals surface area contributed by atoms with Crippen LogP contribution in [0.3, 0.4) is 0 Å². The molecule has 0 atom stereocenters. The summed E-state index contributed by atoms with van der Waals surface area (Å²) in [5.74, 6) is -1.77. The number of halogens is 2. The molecule has 1 aliphatic heterocycles. The van der Waals surface area contributed by atoms with Crippen molar-refractivity contribution in [1.82, 2.24) is 9.97 Å². The topological polar surface area (TPSA) is 101 Å². The van der Waals surface area contributed by atoms with Crippen LogP contribution < -0.4 is 14.4 Å². The van der Waals surface area contributed by atoms with Gasteiger partial charge in [0, 0.05) is 11.6 Å². The molecule has 0 saturated heterocycles. The smallest absolute Gasteiger partial charge is 0.268 e. The van der Waals surface area contributed by atoms with E-state index in [9.17, 15) is 22.0 Å². The van der Waals surface area contributed by atoms with Gasteiger partial charge >= 0.3 is 0 Å². The van der Waals surface area contributed by atoms with Crippen LogP contribution in [0.5, 0.6) is 5.75 Å². The summed E-state index contributed by atoms with van der Waals surface area (Å²) in [4.78, 5) is 20.9. The normalized spacial score (nSPS) is 13.4. The lowest BCUT2D eigenvalue weighted by Gasteiger charge is -2.31. The summed E-state index contributed by atoms with van der Waals surface area (Å²) in [5.41, 5.74) is 1.87. The molecule has 194 valence electrons. The van der Waals surface area contributed by atoms with Crippen molar-refractivity contribution < 1.29 is 26.7 Å². The number of carbonyl (C=O) groups excluding carboxylic acids is 1. The van der Waals surface area contributed by atoms with Crippen molar-refractivity contribution in [3.05, 3.63) is 90.1 Å². The molecular formula is C26H20F2N4O4S2. The third-order valence-corrected chi connectivity index (χ3v) is 8.35. The van der Waals surface area contributed by atoms with Crippen molar-refractivity contribution >= 4 is 39.1 Å². The van der Waals surface area contributed by atoms with Crippen LogP contribution >= 0.6 is 11.8 Å². The molecule has 2 heterocycles. The summed E-state index contributed by atoms with van der Waals surface area (Å²) < 4.78 is 60.8. The van der Waals surface area contributed by atoms with Gasteiger partial charge in [0.25, 0.3) is 10.0 Å². The first-order valence-corrected chi connectivity index (χ1v) is 13.7. The number of hydrogen-bond donors (Lipinski definition) is 1. The number of rotatable bonds is 7. The first-order chi connectivity index (χ1) is 18.3. The van der Waals surface area contributed by atoms with Crippen LogP contribution in [0.15, 0.2) is 83.0 Å². The predicted octanol–water partition coefficient (Wildman–Crippen LogP) is 4.87. The van der Waals surface area contributed by atoms with E-state index < -0.39 is 27.6 Å². The molecule has 1 aromatic heterocycles. The van der Waals surface area contributed by atoms with Crippen molar-refractivity contribution in [1.29, 1.82) is 0 Å². The lowest BCUT2D eigenvalue weighted by Crippen LogP contribution is -2.34. The summed E-state index contributed by atoms with van der Waals surface area (Å²) >= 11 is 0.959. The minimum Gasteiger partial charge on any atom is -0.497 e. The van der Waals surface area contributed by atoms with Gasteiger partial charge in [-0.1, -0.05) is 42.1 Å². The first-order valence-electron chi connectivity index (χ1n) is 11.3. The SMILES string of the molecule is COc1cccc(CN2c3ccccc3-c3nc(SCC(=O)Nc4ccc(F)cc4F)ncc3S2(=O)=O)c1. The quantitative estimate of drug-likeness (QED) is 0.257. The van der Waals surface area contributed by atoms with E-state index in [0.29, 0.717) is 23.1 Å². The summed E-state index contributed by atoms with van der Waals surface area (Å²) in [5, 5.41) is 2.54. The van der Waals surface area contributed by atoms with Gasteiger partial charge in [-0.15, -0.1) is 0 Å². The average Bonchev–Trinajstić information content (AvgIpc) is 2.91. The second-order valence-corrected chi connectivity index (χ2v) is 11.0. The molecule has 8 nitrogen and oxygen atoms in total. The molecular weight excluding hydrogens is 534 g/mol. The van der Waals surface area contributed by atoms with E-state index in [1.807, 2.05) is 6.07 Å². The maximum atomic E-state index is 13.8. The zero-order chi connectivity index (χ0) is 26.9. The van der Waals surface area contributed by atoms with Gasteiger partial charge in [-0.2, -0.15) is 0 Å². The zero-order valence-corrected chi connectivity index (χ0v) is 21.5. The van der Waals surface area contributed by atoms with E-state index in [4.69, 9.17) is 4.74 Å². The van der Waals surface area contributed by atoms with E-state index in [-0.39, 0.29) is 33.7 Å². The number of thioether (sulfide) groups is 1. The Labute approximate surface area is 221 Å². The minimum atomic E-state index is -4.00. The second kappa shape index (κ2) is 10.4. The lowest BCUT2D eigenvalue weighted by molar-refractivity contribution is -0.113. The Morgan fingerprint density at radius 2 is 1.89 bits per heavy atom. The molecule has 0 fully saturated rings. The van der Waals surface area contributed by atoms with Gasteiger partial charge in [0.1, 0.15) is 22.3 Å². The maximum absolute atomic E-state index is 13.8. The van der Waals surface area contributed by atoms with Gasteiger partial charge in [0.15, 0.2) is 5.16 Å². The number of aromatic nitrogens is 2. The molecule has 0 spiro atoms. The van der Waals surface area contributed by atoms with E-state index in [0.717, 1.165) is 29.5 Å². The van der Waals surface area contributed by atoms with Gasteiger partial charge in [0.05, 0.1) is 42.7 Å². The highest BCUT2D eigenvalue weighted by molar-refractivity contribution is 7.99. The monoisotopic (exact) mass is 554 g/mol. The largest absolute Gasteiger partial charge is 0.497 e. The molecule has 1 amide bonds. The van der Waals surface area contributed by atoms with Crippen LogP contribution in [0.1, 0.15) is 5.56 Å². The maximum Gasteiger partial charge on any atom is 0.268 e. The second-order valence-electron chi connectivity index (χ2n) is 8.21. The summed E-state index contributed by atoms with van der Waals surface area (Å²) in [7, 11) is -2.46. The summed E-state index contributed by atoms with van der Waals surface area (Å²) in [6.45, 7) is 0.0760. The number of sulfonamides is 1. The molecule has 38 heavy (non-hydrogen) atoms. The Morgan fingerprint density at radius 3 is 2.68 bits per heavy atom. The van der Waals surface area contributed by atoms with Crippen molar-refractivity contribution in [3.8, 4) is 17.0 Å². The van der Waals surface area contributed by atoms with Crippen LogP contribution in [-0.2, 0) is 21.4 Å². The number of methoxy groups -OCH3 is 1. The fourth-order valence-electron chi connectivity index (χ4n) is 3.96. The fraction of sp³-hybridized carbons (Fsp3) is 0.115. The Morgan fingerprint density at radius 1 is 1.08 bits per heavy atom. The summed E-state index contributed by atoms with van der Waals surface area (Å²) in [6.07, 6.45) is 1.23. The standard InChI is InChI=1S/C26H20F2N4O4S2/c1-36-18-6-4-5-16(11-18)14-32-22-8-3-2-7-19(22)25-23(38(32,34)35)13-29-26(31-25)37-15-24(33)30-21-10-9-17(27)12-20(21)28/h2-13H,14-15H2,1H3,(H,30,33). The highest BCUT2D eigenvalue weighted by atomic mass is 32.2. The van der Waals surface area contributed by atoms with Gasteiger partial charge in [-0.05, 0) is 35.9 Å². The van der Waals surface area contributed by atoms with Crippen LogP contribution in [-0.4, -0.2) is 37.2 Å². The van der Waals surface area contributed by atoms with Gasteiger partial charge in [-0.25, -0.2) is 27.2 Å². The molecule has 12 heteroatoms. The van der Waals surface area contributed by atoms with Crippen LogP contribution in [0.4, 0.5) is 20.2 Å². The third-order valence-electron chi connectivity index (χ3n) is 5.73. The number of amides is 1. The van der Waals surface area contributed by atoms with E-state index in [1.54, 1.807) is 49.6 Å². The number of para-hydroxylation sites is 1. The van der Waals surface area contributed by atoms with Crippen LogP contribution in [0, 0.1) is 11.6 Å². The minimum absolute atomic E-state index is 0.0544. The van der Waals surface area contributed by atoms with Gasteiger partial charge < -0.3 is 10.1 Å². The Balaban J connectivity index is 1.40. The molecule has 5 rings (SSSR count). The zero-order valence-electron chi connectivity index (χ0n) is 19.9. The van der Waals surface area contributed by atoms with E-state index in [2.05, 4.69) is 15.3 Å². The van der Waals surface area contributed by atoms with Crippen molar-refractivity contribution in [2.24, 2.45) is 0 Å². The van der Waals surface area contributed by atoms with Crippen molar-refractivity contribution in [2.45, 2.75) is 16.6 Å². The van der Waals surface area contributed by atoms with Crippen molar-refractivity contribution in [2.75, 3.05) is 22.5 Å². The number of benzene rings is 3. The highest BCUT2D eigenvalue weighted by Gasteiger charge is 2.36. The lowest BCUT2D eigenvalue weighted by atomic mass is 10.1. The molecule has 3 aromatic carbocycles. The molecule has 0 saturated carbocycles. The number of anilines is 2.